The summed E-state index contributed by atoms with van der Waals surface area (Å²) in [6, 6.07) is 14.0. The average Bonchev–Trinajstić information content (AvgIpc) is 2.57. The van der Waals surface area contributed by atoms with Crippen LogP contribution in [0.2, 0.25) is 0 Å². The van der Waals surface area contributed by atoms with Crippen molar-refractivity contribution in [1.82, 2.24) is 0 Å². The van der Waals surface area contributed by atoms with E-state index in [1.807, 2.05) is 42.5 Å². The molecule has 5 heteroatoms. The van der Waals surface area contributed by atoms with Crippen LogP contribution in [-0.2, 0) is 13.0 Å². The second kappa shape index (κ2) is 6.95. The molecule has 24 heavy (non-hydrogen) atoms. The highest BCUT2D eigenvalue weighted by molar-refractivity contribution is 5.73. The van der Waals surface area contributed by atoms with E-state index >= 15 is 0 Å². The second-order valence-electron chi connectivity index (χ2n) is 5.95. The van der Waals surface area contributed by atoms with E-state index in [1.54, 1.807) is 12.3 Å². The molecule has 2 aromatic carbocycles. The lowest BCUT2D eigenvalue weighted by Gasteiger charge is -2.31. The summed E-state index contributed by atoms with van der Waals surface area (Å²) < 4.78 is 18.8. The number of hydrogen-bond donors (Lipinski definition) is 2. The van der Waals surface area contributed by atoms with Crippen LogP contribution in [-0.4, -0.2) is 17.9 Å². The molecule has 1 aliphatic heterocycles. The molecule has 0 saturated heterocycles. The molecular formula is C19H20FN3O. The second-order valence-corrected chi connectivity index (χ2v) is 5.95. The van der Waals surface area contributed by atoms with Crippen LogP contribution in [0.5, 0.6) is 5.75 Å². The minimum Gasteiger partial charge on any atom is -0.489 e. The Hall–Kier alpha value is -2.50. The van der Waals surface area contributed by atoms with Crippen molar-refractivity contribution in [3.05, 3.63) is 77.6 Å². The quantitative estimate of drug-likeness (QED) is 0.887. The number of dihydropyridines is 1. The summed E-state index contributed by atoms with van der Waals surface area (Å²) in [6.45, 7) is 0.320. The molecule has 2 aromatic rings. The number of nitrogens with two attached hydrogens (primary N) is 2. The topological polar surface area (TPSA) is 73.6 Å². The van der Waals surface area contributed by atoms with Crippen molar-refractivity contribution < 1.29 is 9.13 Å². The number of nitrogens with zero attached hydrogens (tertiary/aromatic N) is 1. The van der Waals surface area contributed by atoms with Gasteiger partial charge in [0.25, 0.3) is 0 Å². The molecule has 1 aliphatic rings. The molecule has 0 bridgehead atoms. The van der Waals surface area contributed by atoms with Gasteiger partial charge in [0.15, 0.2) is 0 Å². The molecule has 0 amide bonds. The van der Waals surface area contributed by atoms with Gasteiger partial charge in [-0.05, 0) is 47.9 Å². The normalized spacial score (nSPS) is 22.5. The highest BCUT2D eigenvalue weighted by Gasteiger charge is 2.30. The highest BCUT2D eigenvalue weighted by Crippen LogP contribution is 2.21. The third-order valence-corrected chi connectivity index (χ3v) is 4.02. The van der Waals surface area contributed by atoms with Crippen molar-refractivity contribution in [1.29, 1.82) is 0 Å². The maximum absolute atomic E-state index is 13.1. The maximum Gasteiger partial charge on any atom is 0.123 e. The standard InChI is InChI=1S/C19H20FN3O/c20-16-4-1-3-15(11-16)13-24-17-7-5-14(6-8-17)12-19(22)9-2-10-23-18(19)21/h1-11,18H,12-13,21-22H2. The first-order valence-corrected chi connectivity index (χ1v) is 7.77. The Morgan fingerprint density at radius 3 is 2.62 bits per heavy atom. The van der Waals surface area contributed by atoms with Crippen LogP contribution in [0, 0.1) is 5.82 Å². The van der Waals surface area contributed by atoms with E-state index in [2.05, 4.69) is 4.99 Å². The van der Waals surface area contributed by atoms with Crippen molar-refractivity contribution in [3.63, 3.8) is 0 Å². The predicted octanol–water partition coefficient (Wildman–Crippen LogP) is 2.57. The molecule has 0 saturated carbocycles. The largest absolute Gasteiger partial charge is 0.489 e. The van der Waals surface area contributed by atoms with Crippen LogP contribution in [0.25, 0.3) is 0 Å². The van der Waals surface area contributed by atoms with Crippen LogP contribution in [0.15, 0.2) is 65.7 Å². The van der Waals surface area contributed by atoms with E-state index in [0.717, 1.165) is 16.9 Å². The molecule has 0 aromatic heterocycles. The lowest BCUT2D eigenvalue weighted by atomic mass is 9.87. The Morgan fingerprint density at radius 1 is 1.12 bits per heavy atom. The van der Waals surface area contributed by atoms with Gasteiger partial charge in [0.2, 0.25) is 0 Å². The minimum atomic E-state index is -0.682. The number of allylic oxidation sites excluding steroid dienone is 1. The number of aliphatic imine (C=N–C) groups is 1. The minimum absolute atomic E-state index is 0.265. The van der Waals surface area contributed by atoms with Crippen LogP contribution in [0.4, 0.5) is 4.39 Å². The van der Waals surface area contributed by atoms with E-state index in [4.69, 9.17) is 16.2 Å². The zero-order valence-electron chi connectivity index (χ0n) is 13.2. The number of hydrogen-bond acceptors (Lipinski definition) is 4. The van der Waals surface area contributed by atoms with Crippen LogP contribution in [0.1, 0.15) is 11.1 Å². The molecule has 0 radical (unpaired) electrons. The van der Waals surface area contributed by atoms with Gasteiger partial charge in [0.1, 0.15) is 24.3 Å². The van der Waals surface area contributed by atoms with Gasteiger partial charge < -0.3 is 16.2 Å². The van der Waals surface area contributed by atoms with Crippen molar-refractivity contribution in [3.8, 4) is 5.75 Å². The van der Waals surface area contributed by atoms with Crippen LogP contribution < -0.4 is 16.2 Å². The third kappa shape index (κ3) is 3.88. The third-order valence-electron chi connectivity index (χ3n) is 4.02. The summed E-state index contributed by atoms with van der Waals surface area (Å²) in [5.74, 6) is 0.454. The van der Waals surface area contributed by atoms with E-state index in [9.17, 15) is 4.39 Å². The predicted molar refractivity (Wildman–Crippen MR) is 93.4 cm³/mol. The summed E-state index contributed by atoms with van der Waals surface area (Å²) in [7, 11) is 0. The first kappa shape index (κ1) is 16.4. The van der Waals surface area contributed by atoms with Crippen molar-refractivity contribution in [2.45, 2.75) is 24.7 Å². The van der Waals surface area contributed by atoms with Crippen molar-refractivity contribution >= 4 is 6.21 Å². The highest BCUT2D eigenvalue weighted by atomic mass is 19.1. The van der Waals surface area contributed by atoms with Gasteiger partial charge in [0, 0.05) is 6.21 Å². The fraction of sp³-hybridized carbons (Fsp3) is 0.211. The molecule has 4 nitrogen and oxygen atoms in total. The zero-order valence-corrected chi connectivity index (χ0v) is 13.2. The first-order chi connectivity index (χ1) is 11.5. The van der Waals surface area contributed by atoms with Gasteiger partial charge in [-0.15, -0.1) is 0 Å². The molecule has 4 N–H and O–H groups in total. The van der Waals surface area contributed by atoms with Crippen LogP contribution in [0.3, 0.4) is 0 Å². The zero-order chi connectivity index (χ0) is 17.0. The average molecular weight is 325 g/mol. The van der Waals surface area contributed by atoms with E-state index < -0.39 is 11.7 Å². The van der Waals surface area contributed by atoms with Gasteiger partial charge in [0.05, 0.1) is 5.54 Å². The summed E-state index contributed by atoms with van der Waals surface area (Å²) >= 11 is 0. The Labute approximate surface area is 140 Å². The molecule has 2 atom stereocenters. The Bertz CT molecular complexity index is 757. The van der Waals surface area contributed by atoms with Gasteiger partial charge in [-0.2, -0.15) is 0 Å². The number of benzene rings is 2. The molecule has 0 spiro atoms. The smallest absolute Gasteiger partial charge is 0.123 e. The monoisotopic (exact) mass is 325 g/mol. The Morgan fingerprint density at radius 2 is 1.92 bits per heavy atom. The van der Waals surface area contributed by atoms with Gasteiger partial charge in [-0.25, -0.2) is 4.39 Å². The molecule has 1 heterocycles. The van der Waals surface area contributed by atoms with Gasteiger partial charge in [-0.3, -0.25) is 4.99 Å². The van der Waals surface area contributed by atoms with Crippen molar-refractivity contribution in [2.24, 2.45) is 16.5 Å². The maximum atomic E-state index is 13.1. The summed E-state index contributed by atoms with van der Waals surface area (Å²) in [5, 5.41) is 0. The fourth-order valence-electron chi connectivity index (χ4n) is 2.62. The molecule has 2 unspecified atom stereocenters. The SMILES string of the molecule is NC1N=CC=CC1(N)Cc1ccc(OCc2cccc(F)c2)cc1. The molecule has 0 fully saturated rings. The van der Waals surface area contributed by atoms with Crippen LogP contribution >= 0.6 is 0 Å². The van der Waals surface area contributed by atoms with E-state index in [0.29, 0.717) is 13.0 Å². The van der Waals surface area contributed by atoms with Gasteiger partial charge >= 0.3 is 0 Å². The molecule has 124 valence electrons. The molecule has 0 aliphatic carbocycles. The number of ether oxygens (including phenoxy) is 1. The van der Waals surface area contributed by atoms with Gasteiger partial charge in [-0.1, -0.05) is 30.3 Å². The molecule has 3 rings (SSSR count). The lowest BCUT2D eigenvalue weighted by molar-refractivity contribution is 0.305. The lowest BCUT2D eigenvalue weighted by Crippen LogP contribution is -2.55. The van der Waals surface area contributed by atoms with Crippen molar-refractivity contribution in [2.75, 3.05) is 0 Å². The number of rotatable bonds is 5. The van der Waals surface area contributed by atoms with E-state index in [1.165, 1.54) is 12.1 Å². The summed E-state index contributed by atoms with van der Waals surface area (Å²) in [4.78, 5) is 4.15. The van der Waals surface area contributed by atoms with E-state index in [-0.39, 0.29) is 5.82 Å². The first-order valence-electron chi connectivity index (χ1n) is 7.77. The molecular weight excluding hydrogens is 305 g/mol. The Balaban J connectivity index is 1.61. The number of halogens is 1. The summed E-state index contributed by atoms with van der Waals surface area (Å²) in [5.41, 5.74) is 13.5. The Kier molecular flexibility index (Phi) is 4.74. The summed E-state index contributed by atoms with van der Waals surface area (Å²) in [6.07, 6.45) is 5.51. The fourth-order valence-corrected chi connectivity index (χ4v) is 2.62.